The van der Waals surface area contributed by atoms with Gasteiger partial charge >= 0.3 is 0 Å². The number of carbonyl (C=O) groups is 1. The van der Waals surface area contributed by atoms with Gasteiger partial charge in [-0.2, -0.15) is 0 Å². The van der Waals surface area contributed by atoms with E-state index in [1.165, 1.54) is 0 Å². The Morgan fingerprint density at radius 1 is 1.50 bits per heavy atom. The molecule has 1 fully saturated rings. The minimum atomic E-state index is -3.71. The van der Waals surface area contributed by atoms with Gasteiger partial charge in [-0.3, -0.25) is 4.79 Å². The van der Waals surface area contributed by atoms with E-state index in [-0.39, 0.29) is 17.6 Å². The first-order valence-corrected chi connectivity index (χ1v) is 7.27. The molecule has 1 aromatic heterocycles. The maximum Gasteiger partial charge on any atom is 0.286 e. The van der Waals surface area contributed by atoms with Crippen molar-refractivity contribution in [3.8, 4) is 0 Å². The van der Waals surface area contributed by atoms with Crippen LogP contribution in [0.3, 0.4) is 0 Å². The standard InChI is InChI=1S/C10H14N2O5S/c13-10(9-5-16-7-11-9)12-18(14,15)6-8-3-1-2-4-17-8/h5,7-8H,1-4,6H2,(H,12,13)/t8-/m1/s1. The number of rotatable bonds is 4. The predicted octanol–water partition coefficient (Wildman–Crippen LogP) is 0.303. The van der Waals surface area contributed by atoms with E-state index in [0.29, 0.717) is 13.0 Å². The number of hydrogen-bond acceptors (Lipinski definition) is 6. The number of nitrogens with zero attached hydrogens (tertiary/aromatic N) is 1. The smallest absolute Gasteiger partial charge is 0.286 e. The van der Waals surface area contributed by atoms with Gasteiger partial charge in [0.1, 0.15) is 6.26 Å². The number of oxazole rings is 1. The molecule has 2 rings (SSSR count). The van der Waals surface area contributed by atoms with E-state index in [1.54, 1.807) is 0 Å². The molecular formula is C10H14N2O5S. The molecule has 0 radical (unpaired) electrons. The number of carbonyl (C=O) groups excluding carboxylic acids is 1. The zero-order chi connectivity index (χ0) is 13.0. The molecule has 0 spiro atoms. The molecule has 0 aliphatic carbocycles. The lowest BCUT2D eigenvalue weighted by molar-refractivity contribution is 0.0304. The molecule has 1 atom stereocenters. The molecule has 100 valence electrons. The fourth-order valence-electron chi connectivity index (χ4n) is 1.74. The maximum absolute atomic E-state index is 11.7. The summed E-state index contributed by atoms with van der Waals surface area (Å²) in [6.07, 6.45) is 4.38. The predicted molar refractivity (Wildman–Crippen MR) is 61.3 cm³/mol. The van der Waals surface area contributed by atoms with Crippen LogP contribution in [-0.2, 0) is 14.8 Å². The lowest BCUT2D eigenvalue weighted by Gasteiger charge is -2.22. The number of aromatic nitrogens is 1. The third kappa shape index (κ3) is 3.54. The lowest BCUT2D eigenvalue weighted by Crippen LogP contribution is -2.38. The van der Waals surface area contributed by atoms with Crippen LogP contribution in [0, 0.1) is 0 Å². The molecule has 0 unspecified atom stereocenters. The molecule has 18 heavy (non-hydrogen) atoms. The normalized spacial score (nSPS) is 20.6. The highest BCUT2D eigenvalue weighted by Gasteiger charge is 2.24. The second-order valence-corrected chi connectivity index (χ2v) is 5.84. The first-order chi connectivity index (χ1) is 8.57. The molecule has 0 bridgehead atoms. The minimum Gasteiger partial charge on any atom is -0.451 e. The first-order valence-electron chi connectivity index (χ1n) is 5.61. The highest BCUT2D eigenvalue weighted by Crippen LogP contribution is 2.14. The van der Waals surface area contributed by atoms with Crippen molar-refractivity contribution in [3.63, 3.8) is 0 Å². The molecule has 1 saturated heterocycles. The Morgan fingerprint density at radius 2 is 2.33 bits per heavy atom. The number of amides is 1. The summed E-state index contributed by atoms with van der Waals surface area (Å²) in [6, 6.07) is 0. The van der Waals surface area contributed by atoms with Crippen molar-refractivity contribution >= 4 is 15.9 Å². The van der Waals surface area contributed by atoms with Crippen LogP contribution in [0.25, 0.3) is 0 Å². The Kier molecular flexibility index (Phi) is 3.97. The quantitative estimate of drug-likeness (QED) is 0.848. The summed E-state index contributed by atoms with van der Waals surface area (Å²) < 4.78 is 35.3. The lowest BCUT2D eigenvalue weighted by atomic mass is 10.1. The van der Waals surface area contributed by atoms with E-state index >= 15 is 0 Å². The third-order valence-electron chi connectivity index (χ3n) is 2.59. The van der Waals surface area contributed by atoms with Crippen LogP contribution in [0.5, 0.6) is 0 Å². The van der Waals surface area contributed by atoms with E-state index in [4.69, 9.17) is 4.74 Å². The zero-order valence-corrected chi connectivity index (χ0v) is 10.5. The Morgan fingerprint density at radius 3 is 2.94 bits per heavy atom. The van der Waals surface area contributed by atoms with Crippen molar-refractivity contribution in [2.24, 2.45) is 0 Å². The largest absolute Gasteiger partial charge is 0.451 e. The number of hydrogen-bond donors (Lipinski definition) is 1. The van der Waals surface area contributed by atoms with Gasteiger partial charge in [0, 0.05) is 6.61 Å². The summed E-state index contributed by atoms with van der Waals surface area (Å²) in [4.78, 5) is 15.1. The van der Waals surface area contributed by atoms with Crippen molar-refractivity contribution in [1.82, 2.24) is 9.71 Å². The number of ether oxygens (including phenoxy) is 1. The van der Waals surface area contributed by atoms with Crippen LogP contribution in [0.1, 0.15) is 29.8 Å². The second kappa shape index (κ2) is 5.49. The minimum absolute atomic E-state index is 0.0665. The Hall–Kier alpha value is -1.41. The van der Waals surface area contributed by atoms with Gasteiger partial charge in [-0.15, -0.1) is 0 Å². The summed E-state index contributed by atoms with van der Waals surface area (Å²) in [6.45, 7) is 0.567. The summed E-state index contributed by atoms with van der Waals surface area (Å²) in [5, 5.41) is 0. The SMILES string of the molecule is O=C(NS(=O)(=O)C[C@H]1CCCCO1)c1cocn1. The molecule has 8 heteroatoms. The fraction of sp³-hybridized carbons (Fsp3) is 0.600. The first kappa shape index (κ1) is 13.0. The fourth-order valence-corrected chi connectivity index (χ4v) is 2.97. The van der Waals surface area contributed by atoms with E-state index in [0.717, 1.165) is 25.5 Å². The maximum atomic E-state index is 11.7. The molecule has 0 saturated carbocycles. The van der Waals surface area contributed by atoms with Crippen LogP contribution in [0.15, 0.2) is 17.1 Å². The summed E-state index contributed by atoms with van der Waals surface area (Å²) in [5.74, 6) is -1.00. The molecule has 7 nitrogen and oxygen atoms in total. The molecule has 1 aliphatic heterocycles. The average molecular weight is 274 g/mol. The van der Waals surface area contributed by atoms with Gasteiger partial charge in [-0.25, -0.2) is 18.1 Å². The highest BCUT2D eigenvalue weighted by atomic mass is 32.2. The monoisotopic (exact) mass is 274 g/mol. The van der Waals surface area contributed by atoms with Crippen molar-refractivity contribution < 1.29 is 22.4 Å². The van der Waals surface area contributed by atoms with Crippen LogP contribution in [-0.4, -0.2) is 37.8 Å². The van der Waals surface area contributed by atoms with Gasteiger partial charge in [0.2, 0.25) is 10.0 Å². The van der Waals surface area contributed by atoms with Crippen molar-refractivity contribution in [2.75, 3.05) is 12.4 Å². The van der Waals surface area contributed by atoms with Crippen LogP contribution in [0.4, 0.5) is 0 Å². The highest BCUT2D eigenvalue weighted by molar-refractivity contribution is 7.90. The molecule has 1 amide bonds. The van der Waals surface area contributed by atoms with Gasteiger partial charge in [-0.1, -0.05) is 0 Å². The molecule has 0 aromatic carbocycles. The van der Waals surface area contributed by atoms with Gasteiger partial charge in [0.15, 0.2) is 12.1 Å². The van der Waals surface area contributed by atoms with Gasteiger partial charge in [0.05, 0.1) is 11.9 Å². The van der Waals surface area contributed by atoms with E-state index in [2.05, 4.69) is 9.40 Å². The van der Waals surface area contributed by atoms with E-state index in [1.807, 2.05) is 4.72 Å². The van der Waals surface area contributed by atoms with Crippen molar-refractivity contribution in [1.29, 1.82) is 0 Å². The van der Waals surface area contributed by atoms with Gasteiger partial charge < -0.3 is 9.15 Å². The second-order valence-electron chi connectivity index (χ2n) is 4.07. The molecule has 1 aliphatic rings. The van der Waals surface area contributed by atoms with Crippen LogP contribution in [0.2, 0.25) is 0 Å². The topological polar surface area (TPSA) is 98.5 Å². The zero-order valence-electron chi connectivity index (χ0n) is 9.66. The Bertz CT molecular complexity index is 490. The molecular weight excluding hydrogens is 260 g/mol. The van der Waals surface area contributed by atoms with Gasteiger partial charge in [0.25, 0.3) is 5.91 Å². The summed E-state index contributed by atoms with van der Waals surface area (Å²) >= 11 is 0. The van der Waals surface area contributed by atoms with Crippen molar-refractivity contribution in [3.05, 3.63) is 18.4 Å². The van der Waals surface area contributed by atoms with E-state index in [9.17, 15) is 13.2 Å². The molecule has 1 N–H and O–H groups in total. The number of sulfonamides is 1. The summed E-state index contributed by atoms with van der Waals surface area (Å²) in [7, 11) is -3.71. The number of nitrogens with one attached hydrogen (secondary N) is 1. The third-order valence-corrected chi connectivity index (χ3v) is 3.90. The van der Waals surface area contributed by atoms with Crippen LogP contribution < -0.4 is 4.72 Å². The van der Waals surface area contributed by atoms with Crippen LogP contribution >= 0.6 is 0 Å². The van der Waals surface area contributed by atoms with Crippen molar-refractivity contribution in [2.45, 2.75) is 25.4 Å². The Balaban J connectivity index is 1.92. The average Bonchev–Trinajstić information content (AvgIpc) is 2.82. The Labute approximate surface area is 105 Å². The molecule has 1 aromatic rings. The molecule has 2 heterocycles. The van der Waals surface area contributed by atoms with Gasteiger partial charge in [-0.05, 0) is 19.3 Å². The summed E-state index contributed by atoms with van der Waals surface area (Å²) in [5.41, 5.74) is -0.0665. The van der Waals surface area contributed by atoms with E-state index < -0.39 is 15.9 Å².